The van der Waals surface area contributed by atoms with E-state index in [9.17, 15) is 0 Å². The van der Waals surface area contributed by atoms with Crippen molar-refractivity contribution in [2.75, 3.05) is 0 Å². The number of oxime groups is 1. The Balaban J connectivity index is 1.57. The standard InChI is InChI=1S/C16H13N3O2/c1-2-5-13(6-3-1)10-18-20-12-15-9-16(19-21-15)14-7-4-8-17-11-14/h1-11H,12H2/b18-10+. The summed E-state index contributed by atoms with van der Waals surface area (Å²) in [6.07, 6.45) is 5.10. The third-order valence-electron chi connectivity index (χ3n) is 2.80. The summed E-state index contributed by atoms with van der Waals surface area (Å²) in [6, 6.07) is 15.3. The van der Waals surface area contributed by atoms with Crippen molar-refractivity contribution >= 4 is 6.21 Å². The SMILES string of the molecule is C(=N\OCc1cc(-c2cccnc2)no1)/c1ccccc1. The molecule has 0 saturated heterocycles. The summed E-state index contributed by atoms with van der Waals surface area (Å²) >= 11 is 0. The molecule has 5 nitrogen and oxygen atoms in total. The Morgan fingerprint density at radius 1 is 1.14 bits per heavy atom. The van der Waals surface area contributed by atoms with Crippen LogP contribution in [-0.2, 0) is 11.4 Å². The second-order valence-corrected chi connectivity index (χ2v) is 4.34. The van der Waals surface area contributed by atoms with Crippen LogP contribution in [0.1, 0.15) is 11.3 Å². The second kappa shape index (κ2) is 6.47. The van der Waals surface area contributed by atoms with E-state index in [1.165, 1.54) is 0 Å². The number of aromatic nitrogens is 2. The molecule has 0 fully saturated rings. The molecule has 0 bridgehead atoms. The zero-order valence-electron chi connectivity index (χ0n) is 11.2. The maximum absolute atomic E-state index is 5.19. The van der Waals surface area contributed by atoms with E-state index in [4.69, 9.17) is 9.36 Å². The quantitative estimate of drug-likeness (QED) is 0.531. The lowest BCUT2D eigenvalue weighted by Gasteiger charge is -1.94. The van der Waals surface area contributed by atoms with E-state index in [2.05, 4.69) is 15.3 Å². The van der Waals surface area contributed by atoms with Crippen LogP contribution in [0.3, 0.4) is 0 Å². The number of hydrogen-bond acceptors (Lipinski definition) is 5. The first-order valence-electron chi connectivity index (χ1n) is 6.48. The third-order valence-corrected chi connectivity index (χ3v) is 2.80. The molecule has 3 aromatic rings. The van der Waals surface area contributed by atoms with Crippen molar-refractivity contribution in [2.45, 2.75) is 6.61 Å². The average Bonchev–Trinajstić information content (AvgIpc) is 3.02. The number of rotatable bonds is 5. The van der Waals surface area contributed by atoms with E-state index in [-0.39, 0.29) is 6.61 Å². The fraction of sp³-hybridized carbons (Fsp3) is 0.0625. The molecule has 0 saturated carbocycles. The van der Waals surface area contributed by atoms with Crippen molar-refractivity contribution in [3.63, 3.8) is 0 Å². The van der Waals surface area contributed by atoms with E-state index in [1.54, 1.807) is 18.6 Å². The van der Waals surface area contributed by atoms with E-state index in [1.807, 2.05) is 48.5 Å². The van der Waals surface area contributed by atoms with Gasteiger partial charge in [0.05, 0.1) is 6.21 Å². The van der Waals surface area contributed by atoms with Crippen LogP contribution in [-0.4, -0.2) is 16.4 Å². The minimum Gasteiger partial charge on any atom is -0.387 e. The lowest BCUT2D eigenvalue weighted by atomic mass is 10.2. The van der Waals surface area contributed by atoms with Gasteiger partial charge in [-0.25, -0.2) is 0 Å². The molecule has 2 aromatic heterocycles. The molecule has 0 radical (unpaired) electrons. The maximum Gasteiger partial charge on any atom is 0.177 e. The molecule has 104 valence electrons. The van der Waals surface area contributed by atoms with Crippen molar-refractivity contribution in [1.82, 2.24) is 10.1 Å². The molecule has 21 heavy (non-hydrogen) atoms. The molecule has 0 aliphatic carbocycles. The first-order chi connectivity index (χ1) is 10.4. The van der Waals surface area contributed by atoms with Crippen LogP contribution in [0.15, 0.2) is 70.6 Å². The Kier molecular flexibility index (Phi) is 4.02. The molecule has 2 heterocycles. The summed E-state index contributed by atoms with van der Waals surface area (Å²) in [5.41, 5.74) is 2.61. The van der Waals surface area contributed by atoms with Crippen molar-refractivity contribution < 1.29 is 9.36 Å². The molecular formula is C16H13N3O2. The van der Waals surface area contributed by atoms with Crippen LogP contribution >= 0.6 is 0 Å². The van der Waals surface area contributed by atoms with Gasteiger partial charge in [0.1, 0.15) is 5.69 Å². The monoisotopic (exact) mass is 279 g/mol. The van der Waals surface area contributed by atoms with Gasteiger partial charge in [0.2, 0.25) is 0 Å². The van der Waals surface area contributed by atoms with Crippen molar-refractivity contribution in [1.29, 1.82) is 0 Å². The van der Waals surface area contributed by atoms with E-state index in [0.29, 0.717) is 5.76 Å². The van der Waals surface area contributed by atoms with Gasteiger partial charge in [-0.1, -0.05) is 40.6 Å². The fourth-order valence-corrected chi connectivity index (χ4v) is 1.77. The van der Waals surface area contributed by atoms with Crippen LogP contribution in [0.5, 0.6) is 0 Å². The highest BCUT2D eigenvalue weighted by Gasteiger charge is 2.06. The number of benzene rings is 1. The van der Waals surface area contributed by atoms with Gasteiger partial charge >= 0.3 is 0 Å². The van der Waals surface area contributed by atoms with Gasteiger partial charge in [0, 0.05) is 24.0 Å². The first kappa shape index (κ1) is 13.1. The Morgan fingerprint density at radius 2 is 2.05 bits per heavy atom. The van der Waals surface area contributed by atoms with Gasteiger partial charge in [-0.15, -0.1) is 0 Å². The van der Waals surface area contributed by atoms with Crippen LogP contribution in [0.25, 0.3) is 11.3 Å². The summed E-state index contributed by atoms with van der Waals surface area (Å²) < 4.78 is 5.19. The Morgan fingerprint density at radius 3 is 2.86 bits per heavy atom. The van der Waals surface area contributed by atoms with Crippen molar-refractivity contribution in [3.8, 4) is 11.3 Å². The normalized spacial score (nSPS) is 10.9. The molecular weight excluding hydrogens is 266 g/mol. The van der Waals surface area contributed by atoms with Gasteiger partial charge in [-0.3, -0.25) is 4.98 Å². The highest BCUT2D eigenvalue weighted by molar-refractivity contribution is 5.78. The topological polar surface area (TPSA) is 60.5 Å². The zero-order valence-corrected chi connectivity index (χ0v) is 11.2. The summed E-state index contributed by atoms with van der Waals surface area (Å²) in [5, 5.41) is 7.87. The highest BCUT2D eigenvalue weighted by Crippen LogP contribution is 2.17. The van der Waals surface area contributed by atoms with Gasteiger partial charge < -0.3 is 9.36 Å². The van der Waals surface area contributed by atoms with Crippen LogP contribution in [0, 0.1) is 0 Å². The van der Waals surface area contributed by atoms with Gasteiger partial charge in [-0.2, -0.15) is 0 Å². The number of nitrogens with zero attached hydrogens (tertiary/aromatic N) is 3. The van der Waals surface area contributed by atoms with E-state index >= 15 is 0 Å². The second-order valence-electron chi connectivity index (χ2n) is 4.34. The van der Waals surface area contributed by atoms with Crippen molar-refractivity contribution in [2.24, 2.45) is 5.16 Å². The third kappa shape index (κ3) is 3.54. The minimum atomic E-state index is 0.233. The Hall–Kier alpha value is -2.95. The smallest absolute Gasteiger partial charge is 0.177 e. The summed E-state index contributed by atoms with van der Waals surface area (Å²) in [4.78, 5) is 9.24. The molecule has 0 spiro atoms. The molecule has 0 aliphatic heterocycles. The van der Waals surface area contributed by atoms with Crippen LogP contribution in [0.2, 0.25) is 0 Å². The molecule has 0 aliphatic rings. The summed E-state index contributed by atoms with van der Waals surface area (Å²) in [5.74, 6) is 0.610. The highest BCUT2D eigenvalue weighted by atomic mass is 16.6. The van der Waals surface area contributed by atoms with Crippen LogP contribution < -0.4 is 0 Å². The van der Waals surface area contributed by atoms with E-state index in [0.717, 1.165) is 16.8 Å². The zero-order chi connectivity index (χ0) is 14.3. The summed E-state index contributed by atoms with van der Waals surface area (Å²) in [7, 11) is 0. The first-order valence-corrected chi connectivity index (χ1v) is 6.48. The molecule has 3 rings (SSSR count). The molecule has 0 atom stereocenters. The lowest BCUT2D eigenvalue weighted by molar-refractivity contribution is 0.110. The fourth-order valence-electron chi connectivity index (χ4n) is 1.77. The Labute approximate surface area is 121 Å². The van der Waals surface area contributed by atoms with Crippen molar-refractivity contribution in [3.05, 3.63) is 72.2 Å². The van der Waals surface area contributed by atoms with Gasteiger partial charge in [-0.05, 0) is 17.7 Å². The summed E-state index contributed by atoms with van der Waals surface area (Å²) in [6.45, 7) is 0.233. The van der Waals surface area contributed by atoms with E-state index < -0.39 is 0 Å². The average molecular weight is 279 g/mol. The molecule has 5 heteroatoms. The minimum absolute atomic E-state index is 0.233. The van der Waals surface area contributed by atoms with Crippen LogP contribution in [0.4, 0.5) is 0 Å². The molecule has 0 unspecified atom stereocenters. The predicted octanol–water partition coefficient (Wildman–Crippen LogP) is 3.29. The van der Waals surface area contributed by atoms with Gasteiger partial charge in [0.15, 0.2) is 12.4 Å². The number of hydrogen-bond donors (Lipinski definition) is 0. The Bertz CT molecular complexity index is 709. The molecule has 0 amide bonds. The van der Waals surface area contributed by atoms with Gasteiger partial charge in [0.25, 0.3) is 0 Å². The largest absolute Gasteiger partial charge is 0.387 e. The molecule has 0 N–H and O–H groups in total. The maximum atomic E-state index is 5.19. The molecule has 1 aromatic carbocycles. The lowest BCUT2D eigenvalue weighted by Crippen LogP contribution is -1.86. The predicted molar refractivity (Wildman–Crippen MR) is 78.6 cm³/mol. The number of pyridine rings is 1.